The molecule has 0 aromatic heterocycles. The van der Waals surface area contributed by atoms with E-state index in [9.17, 15) is 0 Å². The molecule has 0 unspecified atom stereocenters. The summed E-state index contributed by atoms with van der Waals surface area (Å²) < 4.78 is 0. The average Bonchev–Trinajstić information content (AvgIpc) is 2.26. The molecule has 0 bridgehead atoms. The Hall–Kier alpha value is -0.770. The minimum absolute atomic E-state index is 0.366. The summed E-state index contributed by atoms with van der Waals surface area (Å²) in [4.78, 5) is 6.90. The Kier molecular flexibility index (Phi) is 5.60. The third-order valence-electron chi connectivity index (χ3n) is 3.11. The molecule has 0 aromatic rings. The lowest BCUT2D eigenvalue weighted by Gasteiger charge is -2.30. The van der Waals surface area contributed by atoms with Crippen LogP contribution in [0.5, 0.6) is 0 Å². The zero-order valence-corrected chi connectivity index (χ0v) is 10.9. The van der Waals surface area contributed by atoms with E-state index in [4.69, 9.17) is 5.73 Å². The highest BCUT2D eigenvalue weighted by Crippen LogP contribution is 2.16. The van der Waals surface area contributed by atoms with Crippen LogP contribution >= 0.6 is 0 Å². The summed E-state index contributed by atoms with van der Waals surface area (Å²) in [6.45, 7) is 10.9. The summed E-state index contributed by atoms with van der Waals surface area (Å²) in [7, 11) is 0. The average molecular weight is 226 g/mol. The molecule has 0 atom stereocenters. The summed E-state index contributed by atoms with van der Waals surface area (Å²) in [6, 6.07) is 0.366. The zero-order chi connectivity index (χ0) is 12.0. The van der Waals surface area contributed by atoms with Crippen LogP contribution in [0.1, 0.15) is 33.6 Å². The smallest absolute Gasteiger partial charge is 0.188 e. The quantitative estimate of drug-likeness (QED) is 0.556. The molecule has 0 radical (unpaired) electrons. The first-order chi connectivity index (χ1) is 7.61. The number of piperidine rings is 1. The van der Waals surface area contributed by atoms with E-state index >= 15 is 0 Å². The maximum Gasteiger partial charge on any atom is 0.188 e. The number of hydrogen-bond donors (Lipinski definition) is 2. The SMILES string of the molecule is CCN1CCC(CN=C(N)NC(C)C)CC1. The van der Waals surface area contributed by atoms with Crippen molar-refractivity contribution in [3.05, 3.63) is 0 Å². The van der Waals surface area contributed by atoms with Crippen LogP contribution in [0, 0.1) is 5.92 Å². The molecule has 94 valence electrons. The molecule has 1 fully saturated rings. The highest BCUT2D eigenvalue weighted by atomic mass is 15.1. The van der Waals surface area contributed by atoms with Crippen molar-refractivity contribution in [1.82, 2.24) is 10.2 Å². The molecule has 16 heavy (non-hydrogen) atoms. The van der Waals surface area contributed by atoms with Crippen molar-refractivity contribution in [2.45, 2.75) is 39.7 Å². The molecule has 1 aliphatic rings. The molecule has 0 amide bonds. The summed E-state index contributed by atoms with van der Waals surface area (Å²) in [5.41, 5.74) is 5.77. The van der Waals surface area contributed by atoms with E-state index in [1.807, 2.05) is 0 Å². The lowest BCUT2D eigenvalue weighted by molar-refractivity contribution is 0.196. The van der Waals surface area contributed by atoms with Crippen LogP contribution in [0.3, 0.4) is 0 Å². The second-order valence-corrected chi connectivity index (χ2v) is 4.90. The first-order valence-corrected chi connectivity index (χ1v) is 6.40. The topological polar surface area (TPSA) is 53.6 Å². The first kappa shape index (κ1) is 13.3. The highest BCUT2D eigenvalue weighted by Gasteiger charge is 2.17. The van der Waals surface area contributed by atoms with Gasteiger partial charge in [-0.15, -0.1) is 0 Å². The van der Waals surface area contributed by atoms with Gasteiger partial charge >= 0.3 is 0 Å². The van der Waals surface area contributed by atoms with Crippen LogP contribution in [0.4, 0.5) is 0 Å². The van der Waals surface area contributed by atoms with Gasteiger partial charge in [-0.05, 0) is 52.2 Å². The van der Waals surface area contributed by atoms with Crippen molar-refractivity contribution < 1.29 is 0 Å². The van der Waals surface area contributed by atoms with E-state index < -0.39 is 0 Å². The van der Waals surface area contributed by atoms with Gasteiger partial charge in [0, 0.05) is 12.6 Å². The lowest BCUT2D eigenvalue weighted by Crippen LogP contribution is -2.38. The Bertz CT molecular complexity index is 217. The number of guanidine groups is 1. The third-order valence-corrected chi connectivity index (χ3v) is 3.11. The van der Waals surface area contributed by atoms with Gasteiger partial charge in [-0.3, -0.25) is 4.99 Å². The molecule has 0 saturated carbocycles. The van der Waals surface area contributed by atoms with E-state index in [1.54, 1.807) is 0 Å². The number of nitrogens with one attached hydrogen (secondary N) is 1. The predicted octanol–water partition coefficient (Wildman–Crippen LogP) is 1.03. The zero-order valence-electron chi connectivity index (χ0n) is 10.9. The van der Waals surface area contributed by atoms with E-state index in [2.05, 4.69) is 36.0 Å². The molecule has 0 aliphatic carbocycles. The standard InChI is InChI=1S/C12H26N4/c1-4-16-7-5-11(6-8-16)9-14-12(13)15-10(2)3/h10-11H,4-9H2,1-3H3,(H3,13,14,15). The molecule has 1 heterocycles. The van der Waals surface area contributed by atoms with Crippen LogP contribution in [0.25, 0.3) is 0 Å². The predicted molar refractivity (Wildman–Crippen MR) is 69.6 cm³/mol. The molecule has 1 rings (SSSR count). The normalized spacial score (nSPS) is 20.4. The van der Waals surface area contributed by atoms with Gasteiger partial charge in [-0.2, -0.15) is 0 Å². The van der Waals surface area contributed by atoms with Crippen molar-refractivity contribution in [3.63, 3.8) is 0 Å². The van der Waals surface area contributed by atoms with Gasteiger partial charge in [0.2, 0.25) is 0 Å². The fourth-order valence-corrected chi connectivity index (χ4v) is 2.05. The van der Waals surface area contributed by atoms with Gasteiger partial charge in [-0.1, -0.05) is 6.92 Å². The van der Waals surface area contributed by atoms with Crippen molar-refractivity contribution in [1.29, 1.82) is 0 Å². The fraction of sp³-hybridized carbons (Fsp3) is 0.917. The van der Waals surface area contributed by atoms with Crippen molar-refractivity contribution in [2.24, 2.45) is 16.6 Å². The molecule has 4 heteroatoms. The molecule has 4 nitrogen and oxygen atoms in total. The van der Waals surface area contributed by atoms with Gasteiger partial charge < -0.3 is 16.0 Å². The highest BCUT2D eigenvalue weighted by molar-refractivity contribution is 5.78. The second-order valence-electron chi connectivity index (χ2n) is 4.90. The molecule has 1 saturated heterocycles. The molecular weight excluding hydrogens is 200 g/mol. The third kappa shape index (κ3) is 4.84. The number of likely N-dealkylation sites (tertiary alicyclic amines) is 1. The Labute approximate surface area is 99.3 Å². The van der Waals surface area contributed by atoms with Crippen molar-refractivity contribution >= 4 is 5.96 Å². The van der Waals surface area contributed by atoms with E-state index in [-0.39, 0.29) is 0 Å². The van der Waals surface area contributed by atoms with Gasteiger partial charge in [0.15, 0.2) is 5.96 Å². The van der Waals surface area contributed by atoms with Gasteiger partial charge in [0.1, 0.15) is 0 Å². The fourth-order valence-electron chi connectivity index (χ4n) is 2.05. The Morgan fingerprint density at radius 2 is 2.06 bits per heavy atom. The van der Waals surface area contributed by atoms with Crippen LogP contribution < -0.4 is 11.1 Å². The number of nitrogens with zero attached hydrogens (tertiary/aromatic N) is 2. The molecule has 3 N–H and O–H groups in total. The Morgan fingerprint density at radius 1 is 1.44 bits per heavy atom. The minimum atomic E-state index is 0.366. The van der Waals surface area contributed by atoms with Crippen LogP contribution in [-0.4, -0.2) is 43.1 Å². The summed E-state index contributed by atoms with van der Waals surface area (Å²) in [5.74, 6) is 1.31. The lowest BCUT2D eigenvalue weighted by atomic mass is 9.97. The molecule has 1 aliphatic heterocycles. The van der Waals surface area contributed by atoms with E-state index in [0.717, 1.165) is 12.5 Å². The number of aliphatic imine (C=N–C) groups is 1. The maximum atomic E-state index is 5.77. The van der Waals surface area contributed by atoms with Gasteiger partial charge in [-0.25, -0.2) is 0 Å². The number of rotatable bonds is 4. The van der Waals surface area contributed by atoms with Crippen molar-refractivity contribution in [2.75, 3.05) is 26.2 Å². The van der Waals surface area contributed by atoms with Gasteiger partial charge in [0.25, 0.3) is 0 Å². The Balaban J connectivity index is 2.23. The van der Waals surface area contributed by atoms with Crippen molar-refractivity contribution in [3.8, 4) is 0 Å². The number of nitrogens with two attached hydrogens (primary N) is 1. The van der Waals surface area contributed by atoms with Gasteiger partial charge in [0.05, 0.1) is 0 Å². The molecule has 0 spiro atoms. The summed E-state index contributed by atoms with van der Waals surface area (Å²) >= 11 is 0. The van der Waals surface area contributed by atoms with Crippen LogP contribution in [0.15, 0.2) is 4.99 Å². The summed E-state index contributed by atoms with van der Waals surface area (Å²) in [5, 5.41) is 3.12. The Morgan fingerprint density at radius 3 is 2.56 bits per heavy atom. The maximum absolute atomic E-state index is 5.77. The minimum Gasteiger partial charge on any atom is -0.370 e. The molecular formula is C12H26N4. The van der Waals surface area contributed by atoms with E-state index in [0.29, 0.717) is 12.0 Å². The molecule has 0 aromatic carbocycles. The largest absolute Gasteiger partial charge is 0.370 e. The monoisotopic (exact) mass is 226 g/mol. The van der Waals surface area contributed by atoms with E-state index in [1.165, 1.54) is 32.5 Å². The summed E-state index contributed by atoms with van der Waals surface area (Å²) in [6.07, 6.45) is 2.51. The van der Waals surface area contributed by atoms with Crippen LogP contribution in [-0.2, 0) is 0 Å². The second kappa shape index (κ2) is 6.74. The first-order valence-electron chi connectivity index (χ1n) is 6.40. The number of hydrogen-bond acceptors (Lipinski definition) is 2. The van der Waals surface area contributed by atoms with Crippen LogP contribution in [0.2, 0.25) is 0 Å².